The molecule has 8 nitrogen and oxygen atoms in total. The van der Waals surface area contributed by atoms with Crippen molar-refractivity contribution in [3.63, 3.8) is 0 Å². The minimum absolute atomic E-state index is 0.00991. The maximum atomic E-state index is 13.0. The van der Waals surface area contributed by atoms with E-state index >= 15 is 0 Å². The summed E-state index contributed by atoms with van der Waals surface area (Å²) in [7, 11) is 1.55. The fourth-order valence-electron chi connectivity index (χ4n) is 3.26. The molecule has 0 aliphatic carbocycles. The Labute approximate surface area is 192 Å². The van der Waals surface area contributed by atoms with E-state index in [1.165, 1.54) is 6.92 Å². The van der Waals surface area contributed by atoms with Gasteiger partial charge in [-0.2, -0.15) is 0 Å². The van der Waals surface area contributed by atoms with Gasteiger partial charge in [0.15, 0.2) is 0 Å². The third kappa shape index (κ3) is 6.45. The molecule has 1 atom stereocenters. The summed E-state index contributed by atoms with van der Waals surface area (Å²) >= 11 is 6.14. The van der Waals surface area contributed by atoms with E-state index in [2.05, 4.69) is 20.9 Å². The van der Waals surface area contributed by atoms with Crippen LogP contribution in [0.5, 0.6) is 5.75 Å². The summed E-state index contributed by atoms with van der Waals surface area (Å²) in [6.07, 6.45) is 1.92. The summed E-state index contributed by atoms with van der Waals surface area (Å²) in [5.41, 5.74) is 2.37. The van der Waals surface area contributed by atoms with Gasteiger partial charge in [0.1, 0.15) is 5.75 Å². The molecule has 2 aromatic carbocycles. The quantitative estimate of drug-likeness (QED) is 0.448. The monoisotopic (exact) mass is 458 g/mol. The Kier molecular flexibility index (Phi) is 8.08. The number of aliphatic imine (C=N–C) groups is 1. The molecule has 0 saturated carbocycles. The Morgan fingerprint density at radius 2 is 2.00 bits per heavy atom. The Balaban J connectivity index is 1.83. The number of carbonyl (C=O) groups is 2. The van der Waals surface area contributed by atoms with Gasteiger partial charge in [0, 0.05) is 29.8 Å². The van der Waals surface area contributed by atoms with E-state index in [9.17, 15) is 9.59 Å². The second-order valence-corrected chi connectivity index (χ2v) is 7.90. The summed E-state index contributed by atoms with van der Waals surface area (Å²) in [6.45, 7) is 4.39. The summed E-state index contributed by atoms with van der Waals surface area (Å²) < 4.78 is 11.0. The van der Waals surface area contributed by atoms with Crippen molar-refractivity contribution in [1.29, 1.82) is 0 Å². The number of guanidine groups is 1. The molecule has 0 spiro atoms. The first-order valence-corrected chi connectivity index (χ1v) is 10.7. The molecule has 0 bridgehead atoms. The number of halogens is 1. The third-order valence-electron chi connectivity index (χ3n) is 4.93. The highest BCUT2D eigenvalue weighted by Gasteiger charge is 2.17. The number of nitrogens with one attached hydrogen (secondary N) is 3. The van der Waals surface area contributed by atoms with E-state index in [1.54, 1.807) is 43.5 Å². The zero-order chi connectivity index (χ0) is 23.1. The SMILES string of the molecule is COc1ccc(Cl)cc1NC(=NC[C@@H]1CCCO1)NC(=O)c1ccc(C)c(NC(C)=O)c1. The summed E-state index contributed by atoms with van der Waals surface area (Å²) in [5.74, 6) is 0.208. The number of ether oxygens (including phenoxy) is 2. The first-order valence-electron chi connectivity index (χ1n) is 10.3. The van der Waals surface area contributed by atoms with Gasteiger partial charge in [-0.15, -0.1) is 0 Å². The lowest BCUT2D eigenvalue weighted by atomic mass is 10.1. The molecule has 1 aliphatic heterocycles. The van der Waals surface area contributed by atoms with Crippen LogP contribution in [0.2, 0.25) is 5.02 Å². The molecular formula is C23H27ClN4O4. The predicted molar refractivity (Wildman–Crippen MR) is 126 cm³/mol. The predicted octanol–water partition coefficient (Wildman–Crippen LogP) is 3.99. The fourth-order valence-corrected chi connectivity index (χ4v) is 3.44. The van der Waals surface area contributed by atoms with Crippen molar-refractivity contribution in [2.45, 2.75) is 32.8 Å². The number of benzene rings is 2. The number of methoxy groups -OCH3 is 1. The van der Waals surface area contributed by atoms with Crippen molar-refractivity contribution in [2.75, 3.05) is 30.9 Å². The van der Waals surface area contributed by atoms with Crippen molar-refractivity contribution >= 4 is 40.7 Å². The minimum Gasteiger partial charge on any atom is -0.495 e. The summed E-state index contributed by atoms with van der Waals surface area (Å²) in [4.78, 5) is 29.0. The largest absolute Gasteiger partial charge is 0.495 e. The molecule has 1 aliphatic rings. The standard InChI is InChI=1S/C23H27ClN4O4/c1-14-6-7-16(11-19(14)26-15(2)29)22(30)28-23(25-13-18-5-4-10-32-18)27-20-12-17(24)8-9-21(20)31-3/h6-9,11-12,18H,4-5,10,13H2,1-3H3,(H,26,29)(H2,25,27,28,30)/t18-/m0/s1. The second-order valence-electron chi connectivity index (χ2n) is 7.46. The molecule has 0 radical (unpaired) electrons. The van der Waals surface area contributed by atoms with Gasteiger partial charge in [-0.05, 0) is 55.7 Å². The average Bonchev–Trinajstić information content (AvgIpc) is 3.27. The van der Waals surface area contributed by atoms with Gasteiger partial charge in [-0.25, -0.2) is 4.99 Å². The van der Waals surface area contributed by atoms with Crippen molar-refractivity contribution in [3.8, 4) is 5.75 Å². The van der Waals surface area contributed by atoms with Gasteiger partial charge in [0.05, 0.1) is 25.4 Å². The Bertz CT molecular complexity index is 1020. The van der Waals surface area contributed by atoms with E-state index in [0.29, 0.717) is 40.9 Å². The van der Waals surface area contributed by atoms with Gasteiger partial charge in [0.2, 0.25) is 11.9 Å². The van der Waals surface area contributed by atoms with Crippen LogP contribution in [0.3, 0.4) is 0 Å². The molecule has 1 heterocycles. The van der Waals surface area contributed by atoms with Crippen molar-refractivity contribution in [3.05, 3.63) is 52.5 Å². The lowest BCUT2D eigenvalue weighted by molar-refractivity contribution is -0.114. The van der Waals surface area contributed by atoms with Gasteiger partial charge in [-0.1, -0.05) is 17.7 Å². The van der Waals surface area contributed by atoms with Crippen molar-refractivity contribution in [1.82, 2.24) is 5.32 Å². The van der Waals surface area contributed by atoms with Crippen LogP contribution in [0.15, 0.2) is 41.4 Å². The smallest absolute Gasteiger partial charge is 0.258 e. The zero-order valence-electron chi connectivity index (χ0n) is 18.3. The number of hydrogen-bond donors (Lipinski definition) is 3. The summed E-state index contributed by atoms with van der Waals surface area (Å²) in [6, 6.07) is 10.2. The van der Waals surface area contributed by atoms with Crippen molar-refractivity contribution < 1.29 is 19.1 Å². The highest BCUT2D eigenvalue weighted by molar-refractivity contribution is 6.31. The van der Waals surface area contributed by atoms with Gasteiger partial charge in [0.25, 0.3) is 5.91 Å². The zero-order valence-corrected chi connectivity index (χ0v) is 19.1. The molecule has 1 fully saturated rings. The van der Waals surface area contributed by atoms with Gasteiger partial charge < -0.3 is 20.1 Å². The van der Waals surface area contributed by atoms with Crippen LogP contribution in [0, 0.1) is 6.92 Å². The molecule has 9 heteroatoms. The number of rotatable bonds is 6. The van der Waals surface area contributed by atoms with E-state index in [1.807, 2.05) is 6.92 Å². The lowest BCUT2D eigenvalue weighted by Crippen LogP contribution is -2.37. The van der Waals surface area contributed by atoms with Crippen LogP contribution in [-0.2, 0) is 9.53 Å². The lowest BCUT2D eigenvalue weighted by Gasteiger charge is -2.16. The Hall–Kier alpha value is -3.10. The molecule has 2 aromatic rings. The molecule has 0 unspecified atom stereocenters. The number of aryl methyl sites for hydroxylation is 1. The van der Waals surface area contributed by atoms with Gasteiger partial charge >= 0.3 is 0 Å². The second kappa shape index (κ2) is 11.0. The molecule has 2 amide bonds. The van der Waals surface area contributed by atoms with Crippen LogP contribution in [-0.4, -0.2) is 44.1 Å². The Morgan fingerprint density at radius 3 is 2.69 bits per heavy atom. The van der Waals surface area contributed by atoms with Crippen LogP contribution in [0.1, 0.15) is 35.7 Å². The highest BCUT2D eigenvalue weighted by atomic mass is 35.5. The van der Waals surface area contributed by atoms with Gasteiger partial charge in [-0.3, -0.25) is 14.9 Å². The summed E-state index contributed by atoms with van der Waals surface area (Å²) in [5, 5.41) is 9.16. The molecule has 3 N–H and O–H groups in total. The maximum absolute atomic E-state index is 13.0. The van der Waals surface area contributed by atoms with Crippen LogP contribution in [0.25, 0.3) is 0 Å². The number of carbonyl (C=O) groups excluding carboxylic acids is 2. The average molecular weight is 459 g/mol. The molecule has 170 valence electrons. The number of nitrogens with zero attached hydrogens (tertiary/aromatic N) is 1. The van der Waals surface area contributed by atoms with E-state index in [0.717, 1.165) is 18.4 Å². The molecule has 3 rings (SSSR count). The fraction of sp³-hybridized carbons (Fsp3) is 0.348. The number of anilines is 2. The van der Waals surface area contributed by atoms with E-state index in [-0.39, 0.29) is 23.9 Å². The van der Waals surface area contributed by atoms with Crippen molar-refractivity contribution in [2.24, 2.45) is 4.99 Å². The highest BCUT2D eigenvalue weighted by Crippen LogP contribution is 2.27. The normalized spacial score (nSPS) is 15.9. The topological polar surface area (TPSA) is 101 Å². The van der Waals surface area contributed by atoms with Crippen LogP contribution >= 0.6 is 11.6 Å². The first-order chi connectivity index (χ1) is 15.4. The maximum Gasteiger partial charge on any atom is 0.258 e. The molecule has 32 heavy (non-hydrogen) atoms. The van der Waals surface area contributed by atoms with E-state index in [4.69, 9.17) is 21.1 Å². The molecule has 1 saturated heterocycles. The van der Waals surface area contributed by atoms with E-state index < -0.39 is 0 Å². The number of hydrogen-bond acceptors (Lipinski definition) is 5. The van der Waals surface area contributed by atoms with Crippen LogP contribution in [0.4, 0.5) is 11.4 Å². The first kappa shape index (κ1) is 23.6. The minimum atomic E-state index is -0.379. The third-order valence-corrected chi connectivity index (χ3v) is 5.17. The molecule has 0 aromatic heterocycles. The Morgan fingerprint density at radius 1 is 1.19 bits per heavy atom. The molecular weight excluding hydrogens is 432 g/mol. The van der Waals surface area contributed by atoms with Crippen LogP contribution < -0.4 is 20.7 Å². The number of amides is 2.